The molecule has 1 atom stereocenters. The van der Waals surface area contributed by atoms with Crippen molar-refractivity contribution in [1.82, 2.24) is 4.90 Å². The van der Waals surface area contributed by atoms with Crippen molar-refractivity contribution in [3.05, 3.63) is 0 Å². The summed E-state index contributed by atoms with van der Waals surface area (Å²) in [6.45, 7) is 5.60. The molecule has 5 heteroatoms. The zero-order chi connectivity index (χ0) is 16.1. The van der Waals surface area contributed by atoms with Crippen molar-refractivity contribution in [1.29, 1.82) is 0 Å². The predicted octanol–water partition coefficient (Wildman–Crippen LogP) is 2.68. The third-order valence-electron chi connectivity index (χ3n) is 4.83. The largest absolute Gasteiger partial charge is 0.481 e. The summed E-state index contributed by atoms with van der Waals surface area (Å²) >= 11 is 0. The van der Waals surface area contributed by atoms with Crippen molar-refractivity contribution in [2.75, 3.05) is 13.2 Å². The Labute approximate surface area is 133 Å². The Bertz CT molecular complexity index is 388. The van der Waals surface area contributed by atoms with Gasteiger partial charge in [0.25, 0.3) is 0 Å². The van der Waals surface area contributed by atoms with Crippen LogP contribution >= 0.6 is 0 Å². The summed E-state index contributed by atoms with van der Waals surface area (Å²) in [4.78, 5) is 25.2. The van der Waals surface area contributed by atoms with E-state index in [-0.39, 0.29) is 24.0 Å². The highest BCUT2D eigenvalue weighted by atomic mass is 16.5. The first kappa shape index (κ1) is 17.3. The average Bonchev–Trinajstić information content (AvgIpc) is 2.93. The van der Waals surface area contributed by atoms with Crippen LogP contribution in [0.3, 0.4) is 0 Å². The number of likely N-dealkylation sites (tertiary alicyclic amines) is 1. The first-order chi connectivity index (χ1) is 10.5. The van der Waals surface area contributed by atoms with Gasteiger partial charge in [-0.1, -0.05) is 13.8 Å². The van der Waals surface area contributed by atoms with Gasteiger partial charge in [0, 0.05) is 13.0 Å². The zero-order valence-corrected chi connectivity index (χ0v) is 13.8. The fourth-order valence-corrected chi connectivity index (χ4v) is 3.53. The quantitative estimate of drug-likeness (QED) is 0.819. The normalized spacial score (nSPS) is 29.0. The summed E-state index contributed by atoms with van der Waals surface area (Å²) in [6.07, 6.45) is 5.92. The van der Waals surface area contributed by atoms with Gasteiger partial charge in [-0.3, -0.25) is 9.59 Å². The summed E-state index contributed by atoms with van der Waals surface area (Å²) in [5.41, 5.74) is 0. The number of hydrogen-bond donors (Lipinski definition) is 1. The maximum Gasteiger partial charge on any atom is 0.306 e. The molecule has 1 saturated heterocycles. The minimum Gasteiger partial charge on any atom is -0.481 e. The Kier molecular flexibility index (Phi) is 6.24. The molecule has 2 fully saturated rings. The third kappa shape index (κ3) is 4.70. The summed E-state index contributed by atoms with van der Waals surface area (Å²) in [5, 5.41) is 9.01. The molecule has 1 aliphatic carbocycles. The van der Waals surface area contributed by atoms with Gasteiger partial charge in [0.2, 0.25) is 5.91 Å². The highest BCUT2D eigenvalue weighted by molar-refractivity contribution is 5.77. The monoisotopic (exact) mass is 311 g/mol. The van der Waals surface area contributed by atoms with E-state index in [1.807, 2.05) is 4.90 Å². The average molecular weight is 311 g/mol. The minimum absolute atomic E-state index is 0.165. The Morgan fingerprint density at radius 2 is 1.86 bits per heavy atom. The summed E-state index contributed by atoms with van der Waals surface area (Å²) < 4.78 is 5.99. The van der Waals surface area contributed by atoms with E-state index in [2.05, 4.69) is 13.8 Å². The van der Waals surface area contributed by atoms with Gasteiger partial charge in [-0.15, -0.1) is 0 Å². The van der Waals surface area contributed by atoms with E-state index in [0.29, 0.717) is 31.8 Å². The molecule has 1 N–H and O–H groups in total. The maximum atomic E-state index is 12.2. The van der Waals surface area contributed by atoms with Gasteiger partial charge in [0.1, 0.15) is 0 Å². The molecule has 0 bridgehead atoms. The molecule has 0 aromatic carbocycles. The summed E-state index contributed by atoms with van der Waals surface area (Å²) in [5.74, 6) is -0.244. The molecule has 0 aromatic rings. The minimum atomic E-state index is -0.681. The van der Waals surface area contributed by atoms with E-state index in [9.17, 15) is 9.59 Å². The first-order valence-corrected chi connectivity index (χ1v) is 8.61. The van der Waals surface area contributed by atoms with Crippen LogP contribution in [0.1, 0.15) is 58.8 Å². The van der Waals surface area contributed by atoms with Crippen LogP contribution in [-0.2, 0) is 14.3 Å². The van der Waals surface area contributed by atoms with Crippen LogP contribution in [-0.4, -0.2) is 47.2 Å². The van der Waals surface area contributed by atoms with E-state index in [4.69, 9.17) is 9.84 Å². The lowest BCUT2D eigenvalue weighted by atomic mass is 9.87. The second-order valence-electron chi connectivity index (χ2n) is 7.13. The van der Waals surface area contributed by atoms with Crippen molar-refractivity contribution in [2.24, 2.45) is 11.8 Å². The maximum absolute atomic E-state index is 12.2. The van der Waals surface area contributed by atoms with E-state index < -0.39 is 5.97 Å². The number of carboxylic acids is 1. The molecule has 22 heavy (non-hydrogen) atoms. The molecule has 1 aliphatic heterocycles. The molecular formula is C17H29NO4. The van der Waals surface area contributed by atoms with E-state index in [1.54, 1.807) is 0 Å². The van der Waals surface area contributed by atoms with E-state index in [1.165, 1.54) is 0 Å². The molecule has 0 spiro atoms. The van der Waals surface area contributed by atoms with Crippen molar-refractivity contribution in [3.63, 3.8) is 0 Å². The molecule has 5 nitrogen and oxygen atoms in total. The topological polar surface area (TPSA) is 66.8 Å². The molecule has 1 saturated carbocycles. The molecule has 2 rings (SSSR count). The van der Waals surface area contributed by atoms with E-state index >= 15 is 0 Å². The summed E-state index contributed by atoms with van der Waals surface area (Å²) in [7, 11) is 0. The highest BCUT2D eigenvalue weighted by Gasteiger charge is 2.31. The standard InChI is InChI=1S/C17H29NO4/c1-12(2)10-16(19)18-9-3-4-14(18)11-22-15-7-5-13(6-8-15)17(20)21/h12-15H,3-11H2,1-2H3,(H,20,21)/t13?,14-,15?/m0/s1. The predicted molar refractivity (Wildman–Crippen MR) is 83.5 cm³/mol. The van der Waals surface area contributed by atoms with Crippen molar-refractivity contribution in [2.45, 2.75) is 70.9 Å². The zero-order valence-electron chi connectivity index (χ0n) is 13.8. The molecule has 0 unspecified atom stereocenters. The van der Waals surface area contributed by atoms with Crippen LogP contribution in [0.4, 0.5) is 0 Å². The number of carbonyl (C=O) groups is 2. The number of nitrogens with zero attached hydrogens (tertiary/aromatic N) is 1. The van der Waals surface area contributed by atoms with Gasteiger partial charge in [-0.05, 0) is 44.4 Å². The Morgan fingerprint density at radius 1 is 1.18 bits per heavy atom. The lowest BCUT2D eigenvalue weighted by Crippen LogP contribution is -2.40. The van der Waals surface area contributed by atoms with Crippen LogP contribution in [0.25, 0.3) is 0 Å². The molecule has 126 valence electrons. The molecule has 0 radical (unpaired) electrons. The first-order valence-electron chi connectivity index (χ1n) is 8.61. The molecular weight excluding hydrogens is 282 g/mol. The second kappa shape index (κ2) is 7.95. The number of carboxylic acid groups (broad SMARTS) is 1. The number of hydrogen-bond acceptors (Lipinski definition) is 3. The van der Waals surface area contributed by atoms with E-state index in [0.717, 1.165) is 32.2 Å². The lowest BCUT2D eigenvalue weighted by molar-refractivity contribution is -0.144. The van der Waals surface area contributed by atoms with Gasteiger partial charge >= 0.3 is 5.97 Å². The van der Waals surface area contributed by atoms with Crippen molar-refractivity contribution < 1.29 is 19.4 Å². The molecule has 2 aliphatic rings. The number of carbonyl (C=O) groups excluding carboxylic acids is 1. The van der Waals surface area contributed by atoms with Gasteiger partial charge < -0.3 is 14.7 Å². The van der Waals surface area contributed by atoms with Gasteiger partial charge in [-0.25, -0.2) is 0 Å². The fraction of sp³-hybridized carbons (Fsp3) is 0.882. The third-order valence-corrected chi connectivity index (χ3v) is 4.83. The summed E-state index contributed by atoms with van der Waals surface area (Å²) in [6, 6.07) is 0.212. The van der Waals surface area contributed by atoms with Gasteiger partial charge in [0.15, 0.2) is 0 Å². The van der Waals surface area contributed by atoms with Gasteiger partial charge in [0.05, 0.1) is 24.7 Å². The van der Waals surface area contributed by atoms with Crippen LogP contribution < -0.4 is 0 Å². The number of rotatable bonds is 6. The van der Waals surface area contributed by atoms with Crippen LogP contribution in [0.15, 0.2) is 0 Å². The SMILES string of the molecule is CC(C)CC(=O)N1CCC[C@H]1COC1CCC(C(=O)O)CC1. The number of ether oxygens (including phenoxy) is 1. The van der Waals surface area contributed by atoms with Gasteiger partial charge in [-0.2, -0.15) is 0 Å². The molecule has 1 amide bonds. The molecule has 0 aromatic heterocycles. The number of amides is 1. The van der Waals surface area contributed by atoms with Crippen molar-refractivity contribution >= 4 is 11.9 Å². The smallest absolute Gasteiger partial charge is 0.306 e. The number of aliphatic carboxylic acids is 1. The van der Waals surface area contributed by atoms with Crippen molar-refractivity contribution in [3.8, 4) is 0 Å². The fourth-order valence-electron chi connectivity index (χ4n) is 3.53. The molecule has 1 heterocycles. The Morgan fingerprint density at radius 3 is 2.45 bits per heavy atom. The van der Waals surface area contributed by atoms with Crippen LogP contribution in [0, 0.1) is 11.8 Å². The van der Waals surface area contributed by atoms with Crippen LogP contribution in [0.2, 0.25) is 0 Å². The Balaban J connectivity index is 1.74. The second-order valence-corrected chi connectivity index (χ2v) is 7.13. The highest BCUT2D eigenvalue weighted by Crippen LogP contribution is 2.27. The lowest BCUT2D eigenvalue weighted by Gasteiger charge is -2.30. The van der Waals surface area contributed by atoms with Crippen LogP contribution in [0.5, 0.6) is 0 Å². The Hall–Kier alpha value is -1.10.